The summed E-state index contributed by atoms with van der Waals surface area (Å²) in [5, 5.41) is 34.3. The summed E-state index contributed by atoms with van der Waals surface area (Å²) in [4.78, 5) is -1.28. The van der Waals surface area contributed by atoms with Gasteiger partial charge >= 0.3 is 0 Å². The second-order valence-corrected chi connectivity index (χ2v) is 10.8. The van der Waals surface area contributed by atoms with Crippen LogP contribution in [0.15, 0.2) is 115 Å². The maximum absolute atomic E-state index is 11.9. The first-order valence-electron chi connectivity index (χ1n) is 11.2. The highest BCUT2D eigenvalue weighted by Gasteiger charge is 2.11. The summed E-state index contributed by atoms with van der Waals surface area (Å²) >= 11 is 0. The highest BCUT2D eigenvalue weighted by Crippen LogP contribution is 2.29. The summed E-state index contributed by atoms with van der Waals surface area (Å²) in [5.41, 5.74) is 0.667. The van der Waals surface area contributed by atoms with E-state index >= 15 is 0 Å². The van der Waals surface area contributed by atoms with Crippen LogP contribution in [0.1, 0.15) is 11.1 Å². The van der Waals surface area contributed by atoms with Crippen molar-refractivity contribution in [3.63, 3.8) is 0 Å². The number of hydrogen-bond donors (Lipinski definition) is 2. The van der Waals surface area contributed by atoms with Crippen LogP contribution in [0.2, 0.25) is 0 Å². The molecule has 0 aliphatic heterocycles. The molecule has 204 valence electrons. The van der Waals surface area contributed by atoms with E-state index in [9.17, 15) is 36.2 Å². The molecular formula is C26H18N4O8S2-2. The van der Waals surface area contributed by atoms with Crippen LogP contribution in [0.5, 0.6) is 11.5 Å². The minimum Gasteiger partial charge on any atom is -0.744 e. The third kappa shape index (κ3) is 7.42. The lowest BCUT2D eigenvalue weighted by Crippen LogP contribution is -2.02. The standard InChI is InChI=1S/C26H20N4O8S2/c31-23-11-7-19(8-12-23)27-29-21-5-3-17(25(15-21)39(33,34)35)1-2-18-4-6-22(16-26(18)40(36,37)38)30-28-20-9-13-24(32)14-10-20/h1-16,31-32H,(H,33,34,35)(H,36,37,38)/p-2. The topological polar surface area (TPSA) is 204 Å². The van der Waals surface area contributed by atoms with E-state index in [1.807, 2.05) is 0 Å². The Kier molecular flexibility index (Phi) is 8.16. The van der Waals surface area contributed by atoms with E-state index in [0.29, 0.717) is 11.4 Å². The van der Waals surface area contributed by atoms with Gasteiger partial charge in [0.15, 0.2) is 0 Å². The number of rotatable bonds is 8. The molecule has 0 heterocycles. The van der Waals surface area contributed by atoms with Crippen LogP contribution in [0, 0.1) is 0 Å². The van der Waals surface area contributed by atoms with Gasteiger partial charge < -0.3 is 19.3 Å². The molecule has 0 saturated heterocycles. The number of azo groups is 2. The van der Waals surface area contributed by atoms with E-state index in [4.69, 9.17) is 0 Å². The van der Waals surface area contributed by atoms with E-state index in [1.165, 1.54) is 84.9 Å². The smallest absolute Gasteiger partial charge is 0.125 e. The molecule has 2 N–H and O–H groups in total. The largest absolute Gasteiger partial charge is 0.744 e. The lowest BCUT2D eigenvalue weighted by molar-refractivity contribution is 0.460. The Morgan fingerprint density at radius 2 is 0.800 bits per heavy atom. The van der Waals surface area contributed by atoms with Crippen molar-refractivity contribution in [2.75, 3.05) is 0 Å². The van der Waals surface area contributed by atoms with Crippen molar-refractivity contribution < 1.29 is 36.2 Å². The van der Waals surface area contributed by atoms with E-state index in [-0.39, 0.29) is 34.0 Å². The van der Waals surface area contributed by atoms with Crippen molar-refractivity contribution in [1.29, 1.82) is 0 Å². The van der Waals surface area contributed by atoms with Gasteiger partial charge in [-0.2, -0.15) is 20.5 Å². The van der Waals surface area contributed by atoms with Crippen molar-refractivity contribution >= 4 is 55.1 Å². The zero-order valence-corrected chi connectivity index (χ0v) is 21.8. The summed E-state index contributed by atoms with van der Waals surface area (Å²) in [6.45, 7) is 0. The molecule has 40 heavy (non-hydrogen) atoms. The van der Waals surface area contributed by atoms with Gasteiger partial charge in [0.1, 0.15) is 31.7 Å². The molecule has 0 spiro atoms. The third-order valence-corrected chi connectivity index (χ3v) is 7.02. The summed E-state index contributed by atoms with van der Waals surface area (Å²) in [7, 11) is -9.98. The van der Waals surface area contributed by atoms with Gasteiger partial charge in [-0.1, -0.05) is 24.3 Å². The monoisotopic (exact) mass is 578 g/mol. The number of aromatic hydroxyl groups is 2. The molecule has 0 atom stereocenters. The Labute approximate surface area is 228 Å². The minimum atomic E-state index is -4.99. The molecule has 14 heteroatoms. The van der Waals surface area contributed by atoms with E-state index in [2.05, 4.69) is 20.5 Å². The molecule has 0 aromatic heterocycles. The second kappa shape index (κ2) is 11.5. The first-order valence-corrected chi connectivity index (χ1v) is 14.0. The number of phenolic OH excluding ortho intramolecular Hbond substituents is 2. The Hall–Kier alpha value is -4.76. The summed E-state index contributed by atoms with van der Waals surface area (Å²) in [6.07, 6.45) is 2.35. The van der Waals surface area contributed by atoms with Crippen LogP contribution in [-0.2, 0) is 20.2 Å². The van der Waals surface area contributed by atoms with Crippen molar-refractivity contribution in [3.05, 3.63) is 96.1 Å². The molecular weight excluding hydrogens is 560 g/mol. The molecule has 0 bridgehead atoms. The van der Waals surface area contributed by atoms with Gasteiger partial charge in [-0.25, -0.2) is 16.8 Å². The van der Waals surface area contributed by atoms with Crippen molar-refractivity contribution in [2.24, 2.45) is 20.5 Å². The van der Waals surface area contributed by atoms with Crippen LogP contribution in [-0.4, -0.2) is 36.2 Å². The average Bonchev–Trinajstić information content (AvgIpc) is 2.90. The van der Waals surface area contributed by atoms with Gasteiger partial charge in [-0.15, -0.1) is 0 Å². The number of hydrogen-bond acceptors (Lipinski definition) is 12. The van der Waals surface area contributed by atoms with Gasteiger partial charge in [0.2, 0.25) is 0 Å². The number of nitrogens with zero attached hydrogens (tertiary/aromatic N) is 4. The molecule has 12 nitrogen and oxygen atoms in total. The molecule has 0 unspecified atom stereocenters. The van der Waals surface area contributed by atoms with Gasteiger partial charge in [0.25, 0.3) is 0 Å². The van der Waals surface area contributed by atoms with Gasteiger partial charge in [-0.3, -0.25) is 0 Å². The molecule has 0 aliphatic carbocycles. The fourth-order valence-corrected chi connectivity index (χ4v) is 4.71. The third-order valence-electron chi connectivity index (χ3n) is 5.24. The lowest BCUT2D eigenvalue weighted by Gasteiger charge is -2.13. The van der Waals surface area contributed by atoms with E-state index < -0.39 is 30.0 Å². The molecule has 4 aromatic carbocycles. The minimum absolute atomic E-state index is 0.0240. The predicted octanol–water partition coefficient (Wildman–Crippen LogP) is 5.91. The SMILES string of the molecule is O=S(=O)([O-])c1cc(N=Nc2ccc(O)cc2)ccc1C=Cc1ccc(N=Nc2ccc(O)cc2)cc1S(=O)(=O)[O-]. The van der Waals surface area contributed by atoms with Gasteiger partial charge in [-0.05, 0) is 83.9 Å². The first-order chi connectivity index (χ1) is 18.9. The van der Waals surface area contributed by atoms with Crippen LogP contribution in [0.25, 0.3) is 12.2 Å². The van der Waals surface area contributed by atoms with Crippen LogP contribution in [0.3, 0.4) is 0 Å². The molecule has 4 aromatic rings. The summed E-state index contributed by atoms with van der Waals surface area (Å²) in [6, 6.07) is 18.8. The average molecular weight is 579 g/mol. The first kappa shape index (κ1) is 28.3. The Morgan fingerprint density at radius 1 is 0.500 bits per heavy atom. The Balaban J connectivity index is 1.66. The summed E-state index contributed by atoms with van der Waals surface area (Å²) in [5.74, 6) is 0.0479. The fourth-order valence-electron chi connectivity index (χ4n) is 3.33. The Morgan fingerprint density at radius 3 is 1.12 bits per heavy atom. The Bertz CT molecular complexity index is 1720. The predicted molar refractivity (Wildman–Crippen MR) is 142 cm³/mol. The highest BCUT2D eigenvalue weighted by molar-refractivity contribution is 7.86. The quantitative estimate of drug-likeness (QED) is 0.146. The maximum Gasteiger partial charge on any atom is 0.125 e. The zero-order chi connectivity index (χ0) is 28.9. The van der Waals surface area contributed by atoms with Crippen molar-refractivity contribution in [1.82, 2.24) is 0 Å². The molecule has 0 fully saturated rings. The van der Waals surface area contributed by atoms with E-state index in [1.54, 1.807) is 0 Å². The van der Waals surface area contributed by atoms with Gasteiger partial charge in [0.05, 0.1) is 32.5 Å². The maximum atomic E-state index is 11.9. The second-order valence-electron chi connectivity index (χ2n) is 8.12. The van der Waals surface area contributed by atoms with Crippen LogP contribution < -0.4 is 0 Å². The van der Waals surface area contributed by atoms with Crippen LogP contribution >= 0.6 is 0 Å². The van der Waals surface area contributed by atoms with Crippen molar-refractivity contribution in [2.45, 2.75) is 9.79 Å². The molecule has 0 amide bonds. The van der Waals surface area contributed by atoms with Crippen LogP contribution in [0.4, 0.5) is 22.7 Å². The summed E-state index contributed by atoms with van der Waals surface area (Å²) < 4.78 is 71.6. The normalized spacial score (nSPS) is 12.6. The highest BCUT2D eigenvalue weighted by atomic mass is 32.2. The van der Waals surface area contributed by atoms with Gasteiger partial charge in [0, 0.05) is 0 Å². The number of benzene rings is 4. The van der Waals surface area contributed by atoms with Crippen molar-refractivity contribution in [3.8, 4) is 11.5 Å². The lowest BCUT2D eigenvalue weighted by atomic mass is 10.1. The number of phenols is 2. The molecule has 0 aliphatic rings. The van der Waals surface area contributed by atoms with E-state index in [0.717, 1.165) is 12.1 Å². The molecule has 4 rings (SSSR count). The molecule has 0 saturated carbocycles. The zero-order valence-electron chi connectivity index (χ0n) is 20.2. The fraction of sp³-hybridized carbons (Fsp3) is 0. The molecule has 0 radical (unpaired) electrons.